The van der Waals surface area contributed by atoms with E-state index in [1.165, 1.54) is 18.2 Å². The lowest BCUT2D eigenvalue weighted by molar-refractivity contribution is -0.118. The number of benzene rings is 2. The third kappa shape index (κ3) is 3.72. The third-order valence-electron chi connectivity index (χ3n) is 3.02. The fourth-order valence-corrected chi connectivity index (χ4v) is 1.99. The van der Waals surface area contributed by atoms with Crippen molar-refractivity contribution in [1.82, 2.24) is 0 Å². The van der Waals surface area contributed by atoms with E-state index in [2.05, 4.69) is 5.32 Å². The zero-order valence-corrected chi connectivity index (χ0v) is 11.9. The first-order chi connectivity index (χ1) is 9.97. The summed E-state index contributed by atoms with van der Waals surface area (Å²) in [5.41, 5.74) is 7.87. The highest BCUT2D eigenvalue weighted by atomic mass is 19.1. The minimum Gasteiger partial charge on any atom is -0.483 e. The van der Waals surface area contributed by atoms with E-state index in [4.69, 9.17) is 10.5 Å². The number of hydrogen-bond donors (Lipinski definition) is 2. The fourth-order valence-electron chi connectivity index (χ4n) is 1.99. The first kappa shape index (κ1) is 14.8. The minimum absolute atomic E-state index is 0.0464. The van der Waals surface area contributed by atoms with Gasteiger partial charge in [-0.15, -0.1) is 0 Å². The zero-order valence-electron chi connectivity index (χ0n) is 11.9. The van der Waals surface area contributed by atoms with Crippen LogP contribution < -0.4 is 15.8 Å². The van der Waals surface area contributed by atoms with Gasteiger partial charge in [-0.2, -0.15) is 0 Å². The monoisotopic (exact) mass is 288 g/mol. The number of carbonyl (C=O) groups excluding carboxylic acids is 1. The number of anilines is 2. The molecule has 5 heteroatoms. The summed E-state index contributed by atoms with van der Waals surface area (Å²) in [6, 6.07) is 9.72. The second kappa shape index (κ2) is 6.26. The van der Waals surface area contributed by atoms with Crippen LogP contribution in [-0.4, -0.2) is 12.5 Å². The Morgan fingerprint density at radius 3 is 2.57 bits per heavy atom. The van der Waals surface area contributed by atoms with Gasteiger partial charge in [-0.1, -0.05) is 18.2 Å². The summed E-state index contributed by atoms with van der Waals surface area (Å²) in [7, 11) is 0. The van der Waals surface area contributed by atoms with Gasteiger partial charge in [0.1, 0.15) is 11.6 Å². The second-order valence-corrected chi connectivity index (χ2v) is 4.80. The lowest BCUT2D eigenvalue weighted by atomic mass is 10.1. The van der Waals surface area contributed by atoms with Crippen molar-refractivity contribution in [2.75, 3.05) is 17.7 Å². The quantitative estimate of drug-likeness (QED) is 0.850. The van der Waals surface area contributed by atoms with E-state index in [1.54, 1.807) is 0 Å². The fraction of sp³-hybridized carbons (Fsp3) is 0.188. The van der Waals surface area contributed by atoms with Crippen LogP contribution >= 0.6 is 0 Å². The molecule has 21 heavy (non-hydrogen) atoms. The highest BCUT2D eigenvalue weighted by Gasteiger charge is 2.10. The lowest BCUT2D eigenvalue weighted by Crippen LogP contribution is -2.21. The molecule has 0 saturated carbocycles. The lowest BCUT2D eigenvalue weighted by Gasteiger charge is -2.12. The molecule has 0 saturated heterocycles. The number of ether oxygens (including phenoxy) is 1. The van der Waals surface area contributed by atoms with Crippen LogP contribution in [0.3, 0.4) is 0 Å². The average Bonchev–Trinajstić information content (AvgIpc) is 2.42. The van der Waals surface area contributed by atoms with E-state index >= 15 is 0 Å². The van der Waals surface area contributed by atoms with Gasteiger partial charge < -0.3 is 15.8 Å². The molecule has 110 valence electrons. The largest absolute Gasteiger partial charge is 0.483 e. The molecule has 0 unspecified atom stereocenters. The number of nitrogens with one attached hydrogen (secondary N) is 1. The Hall–Kier alpha value is -2.56. The van der Waals surface area contributed by atoms with E-state index in [9.17, 15) is 9.18 Å². The molecule has 2 rings (SSSR count). The number of para-hydroxylation sites is 1. The normalized spacial score (nSPS) is 10.2. The highest BCUT2D eigenvalue weighted by Crippen LogP contribution is 2.22. The van der Waals surface area contributed by atoms with Crippen molar-refractivity contribution in [1.29, 1.82) is 0 Å². The molecule has 0 aliphatic heterocycles. The summed E-state index contributed by atoms with van der Waals surface area (Å²) < 4.78 is 19.0. The number of nitrogens with two attached hydrogens (primary N) is 1. The minimum atomic E-state index is -0.537. The summed E-state index contributed by atoms with van der Waals surface area (Å²) in [5, 5.41) is 2.44. The maximum absolute atomic E-state index is 13.5. The van der Waals surface area contributed by atoms with Crippen LogP contribution in [0.25, 0.3) is 0 Å². The average molecular weight is 288 g/mol. The molecule has 2 aromatic rings. The van der Waals surface area contributed by atoms with E-state index in [-0.39, 0.29) is 12.3 Å². The van der Waals surface area contributed by atoms with Crippen molar-refractivity contribution in [2.24, 2.45) is 0 Å². The number of amides is 1. The number of aryl methyl sites for hydroxylation is 2. The number of halogens is 1. The van der Waals surface area contributed by atoms with Gasteiger partial charge in [0.25, 0.3) is 5.91 Å². The molecule has 3 N–H and O–H groups in total. The molecule has 0 spiro atoms. The third-order valence-corrected chi connectivity index (χ3v) is 3.02. The molecule has 0 fully saturated rings. The van der Waals surface area contributed by atoms with Crippen molar-refractivity contribution in [2.45, 2.75) is 13.8 Å². The van der Waals surface area contributed by atoms with Crippen molar-refractivity contribution < 1.29 is 13.9 Å². The maximum atomic E-state index is 13.5. The Bertz CT molecular complexity index is 651. The van der Waals surface area contributed by atoms with Crippen LogP contribution in [-0.2, 0) is 4.79 Å². The van der Waals surface area contributed by atoms with Crippen molar-refractivity contribution in [3.63, 3.8) is 0 Å². The van der Waals surface area contributed by atoms with Crippen LogP contribution in [0.2, 0.25) is 0 Å². The molecule has 0 heterocycles. The second-order valence-electron chi connectivity index (χ2n) is 4.80. The predicted molar refractivity (Wildman–Crippen MR) is 80.9 cm³/mol. The van der Waals surface area contributed by atoms with Gasteiger partial charge in [-0.3, -0.25) is 4.79 Å². The standard InChI is InChI=1S/C16H17FN2O2/c1-10-4-3-5-11(2)16(10)21-9-15(20)19-14-8-12(18)6-7-13(14)17/h3-8H,9,18H2,1-2H3,(H,19,20). The molecule has 1 amide bonds. The van der Waals surface area contributed by atoms with Gasteiger partial charge >= 0.3 is 0 Å². The topological polar surface area (TPSA) is 64.3 Å². The van der Waals surface area contributed by atoms with E-state index in [1.807, 2.05) is 32.0 Å². The summed E-state index contributed by atoms with van der Waals surface area (Å²) in [5.74, 6) is -0.313. The maximum Gasteiger partial charge on any atom is 0.262 e. The van der Waals surface area contributed by atoms with E-state index in [0.29, 0.717) is 11.4 Å². The van der Waals surface area contributed by atoms with Gasteiger partial charge in [-0.05, 0) is 43.2 Å². The van der Waals surface area contributed by atoms with Gasteiger partial charge in [-0.25, -0.2) is 4.39 Å². The molecule has 0 atom stereocenters. The molecule has 0 aliphatic carbocycles. The zero-order chi connectivity index (χ0) is 15.4. The van der Waals surface area contributed by atoms with Crippen LogP contribution in [0.15, 0.2) is 36.4 Å². The predicted octanol–water partition coefficient (Wildman–Crippen LogP) is 3.04. The van der Waals surface area contributed by atoms with E-state index < -0.39 is 11.7 Å². The summed E-state index contributed by atoms with van der Waals surface area (Å²) in [4.78, 5) is 11.8. The van der Waals surface area contributed by atoms with Gasteiger partial charge in [0.2, 0.25) is 0 Å². The first-order valence-electron chi connectivity index (χ1n) is 6.51. The number of rotatable bonds is 4. The Labute approximate surface area is 122 Å². The van der Waals surface area contributed by atoms with Crippen molar-refractivity contribution >= 4 is 17.3 Å². The van der Waals surface area contributed by atoms with Crippen LogP contribution in [0.1, 0.15) is 11.1 Å². The first-order valence-corrected chi connectivity index (χ1v) is 6.51. The summed E-state index contributed by atoms with van der Waals surface area (Å²) in [6.07, 6.45) is 0. The van der Waals surface area contributed by atoms with Crippen molar-refractivity contribution in [3.05, 3.63) is 53.3 Å². The molecule has 4 nitrogen and oxygen atoms in total. The molecular weight excluding hydrogens is 271 g/mol. The van der Waals surface area contributed by atoms with Crippen molar-refractivity contribution in [3.8, 4) is 5.75 Å². The Kier molecular flexibility index (Phi) is 4.42. The van der Waals surface area contributed by atoms with Crippen LogP contribution in [0.4, 0.5) is 15.8 Å². The Morgan fingerprint density at radius 1 is 1.24 bits per heavy atom. The molecule has 0 aromatic heterocycles. The molecular formula is C16H17FN2O2. The molecule has 0 radical (unpaired) electrons. The Balaban J connectivity index is 2.01. The van der Waals surface area contributed by atoms with E-state index in [0.717, 1.165) is 11.1 Å². The van der Waals surface area contributed by atoms with Gasteiger partial charge in [0.15, 0.2) is 6.61 Å². The highest BCUT2D eigenvalue weighted by molar-refractivity contribution is 5.92. The summed E-state index contributed by atoms with van der Waals surface area (Å²) in [6.45, 7) is 3.61. The number of carbonyl (C=O) groups is 1. The van der Waals surface area contributed by atoms with Crippen LogP contribution in [0, 0.1) is 19.7 Å². The molecule has 2 aromatic carbocycles. The number of hydrogen-bond acceptors (Lipinski definition) is 3. The summed E-state index contributed by atoms with van der Waals surface area (Å²) >= 11 is 0. The molecule has 0 bridgehead atoms. The number of nitrogen functional groups attached to an aromatic ring is 1. The SMILES string of the molecule is Cc1cccc(C)c1OCC(=O)Nc1cc(N)ccc1F. The van der Waals surface area contributed by atoms with Gasteiger partial charge in [0.05, 0.1) is 5.69 Å². The Morgan fingerprint density at radius 2 is 1.90 bits per heavy atom. The molecule has 0 aliphatic rings. The van der Waals surface area contributed by atoms with Crippen LogP contribution in [0.5, 0.6) is 5.75 Å². The smallest absolute Gasteiger partial charge is 0.262 e. The van der Waals surface area contributed by atoms with Gasteiger partial charge in [0, 0.05) is 5.69 Å².